The molecule has 2 saturated heterocycles. The van der Waals surface area contributed by atoms with Crippen molar-refractivity contribution in [1.29, 1.82) is 0 Å². The lowest BCUT2D eigenvalue weighted by molar-refractivity contribution is -0.118. The third-order valence-electron chi connectivity index (χ3n) is 7.81. The maximum atomic E-state index is 11.9. The van der Waals surface area contributed by atoms with Crippen LogP contribution in [0.2, 0.25) is 0 Å². The first kappa shape index (κ1) is 21.1. The van der Waals surface area contributed by atoms with Crippen LogP contribution in [0.4, 0.5) is 0 Å². The third kappa shape index (κ3) is 3.12. The summed E-state index contributed by atoms with van der Waals surface area (Å²) in [7, 11) is 0. The van der Waals surface area contributed by atoms with E-state index >= 15 is 0 Å². The Morgan fingerprint density at radius 3 is 2.88 bits per heavy atom. The zero-order valence-corrected chi connectivity index (χ0v) is 20.8. The third-order valence-corrected chi connectivity index (χ3v) is 9.15. The predicted octanol–water partition coefficient (Wildman–Crippen LogP) is 5.59. The predicted molar refractivity (Wildman–Crippen MR) is 133 cm³/mol. The van der Waals surface area contributed by atoms with Crippen molar-refractivity contribution in [2.24, 2.45) is 0 Å². The smallest absolute Gasteiger partial charge is 0.158 e. The summed E-state index contributed by atoms with van der Waals surface area (Å²) in [5.41, 5.74) is 7.22. The number of carbonyl (C=O) groups excluding carboxylic acids is 1. The number of nitrogens with zero attached hydrogens (tertiary/aromatic N) is 4. The molecule has 0 aliphatic carbocycles. The van der Waals surface area contributed by atoms with E-state index < -0.39 is 0 Å². The number of Topliss-reactive ketones (excluding diaryl/α,β-unsaturated/α-hetero) is 1. The summed E-state index contributed by atoms with van der Waals surface area (Å²) >= 11 is 1.94. The Balaban J connectivity index is 1.45. The zero-order chi connectivity index (χ0) is 23.0. The van der Waals surface area contributed by atoms with Gasteiger partial charge in [0.05, 0.1) is 12.2 Å². The Kier molecular flexibility index (Phi) is 4.79. The molecule has 6 rings (SSSR count). The second kappa shape index (κ2) is 7.50. The SMILES string of the molecule is CC(=O)CN1C2CC[C@@H]1CC2c1sc2[nH]c(-c3cc(C)c4ncnn4c3)c(C(C)C)c2c1C. The van der Waals surface area contributed by atoms with Crippen LogP contribution in [-0.2, 0) is 4.79 Å². The standard InChI is InChI=1S/C26H31N5OS/c1-13(2)21-22-16(5)24(19-9-18-6-7-20(19)30(18)10-15(4)32)33-26(22)29-23(21)17-8-14(3)25-27-12-28-31(25)11-17/h8,11-13,18-20,29H,6-7,9-10H2,1-5H3/t18-,19?,20?/m1/s1. The fraction of sp³-hybridized carbons (Fsp3) is 0.500. The molecule has 2 bridgehead atoms. The Morgan fingerprint density at radius 2 is 2.12 bits per heavy atom. The van der Waals surface area contributed by atoms with Gasteiger partial charge < -0.3 is 4.98 Å². The number of aromatic amines is 1. The lowest BCUT2D eigenvalue weighted by Gasteiger charge is -2.23. The molecule has 1 N–H and O–H groups in total. The van der Waals surface area contributed by atoms with E-state index in [1.165, 1.54) is 51.2 Å². The molecule has 0 aromatic carbocycles. The first-order chi connectivity index (χ1) is 15.8. The van der Waals surface area contributed by atoms with Crippen LogP contribution in [0.5, 0.6) is 0 Å². The number of nitrogens with one attached hydrogen (secondary N) is 1. The fourth-order valence-corrected chi connectivity index (χ4v) is 7.92. The van der Waals surface area contributed by atoms with Crippen molar-refractivity contribution in [2.75, 3.05) is 6.54 Å². The summed E-state index contributed by atoms with van der Waals surface area (Å²) in [6, 6.07) is 3.30. The summed E-state index contributed by atoms with van der Waals surface area (Å²) in [6.45, 7) is 11.3. The molecule has 0 spiro atoms. The highest BCUT2D eigenvalue weighted by Crippen LogP contribution is 2.52. The van der Waals surface area contributed by atoms with Crippen LogP contribution >= 0.6 is 11.3 Å². The van der Waals surface area contributed by atoms with Gasteiger partial charge in [0, 0.05) is 40.0 Å². The Bertz CT molecular complexity index is 1390. The summed E-state index contributed by atoms with van der Waals surface area (Å²) < 4.78 is 1.88. The number of ketones is 1. The minimum Gasteiger partial charge on any atom is -0.346 e. The van der Waals surface area contributed by atoms with Gasteiger partial charge >= 0.3 is 0 Å². The van der Waals surface area contributed by atoms with Crippen molar-refractivity contribution in [3.05, 3.63) is 40.2 Å². The molecule has 0 radical (unpaired) electrons. The lowest BCUT2D eigenvalue weighted by atomic mass is 9.86. The van der Waals surface area contributed by atoms with E-state index in [0.717, 1.165) is 16.8 Å². The Labute approximate surface area is 198 Å². The minimum atomic E-state index is 0.286. The number of fused-ring (bicyclic) bond motifs is 4. The summed E-state index contributed by atoms with van der Waals surface area (Å²) in [5, 5.41) is 5.78. The molecule has 6 nitrogen and oxygen atoms in total. The Morgan fingerprint density at radius 1 is 1.30 bits per heavy atom. The van der Waals surface area contributed by atoms with Crippen molar-refractivity contribution >= 4 is 33.0 Å². The Hall–Kier alpha value is -2.51. The van der Waals surface area contributed by atoms with E-state index in [4.69, 9.17) is 0 Å². The molecular formula is C26H31N5OS. The van der Waals surface area contributed by atoms with Crippen molar-refractivity contribution in [1.82, 2.24) is 24.5 Å². The normalized spacial score (nSPS) is 23.0. The monoisotopic (exact) mass is 461 g/mol. The van der Waals surface area contributed by atoms with E-state index in [9.17, 15) is 4.79 Å². The van der Waals surface area contributed by atoms with E-state index in [-0.39, 0.29) is 5.78 Å². The van der Waals surface area contributed by atoms with E-state index in [1.54, 1.807) is 13.3 Å². The maximum absolute atomic E-state index is 11.9. The van der Waals surface area contributed by atoms with Crippen LogP contribution in [0.15, 0.2) is 18.6 Å². The molecule has 4 aromatic heterocycles. The van der Waals surface area contributed by atoms with Crippen molar-refractivity contribution in [3.63, 3.8) is 0 Å². The minimum absolute atomic E-state index is 0.286. The van der Waals surface area contributed by atoms with Crippen molar-refractivity contribution in [2.45, 2.75) is 77.8 Å². The molecule has 172 valence electrons. The molecule has 3 atom stereocenters. The highest BCUT2D eigenvalue weighted by Gasteiger charge is 2.48. The number of aryl methyl sites for hydroxylation is 2. The molecular weight excluding hydrogens is 430 g/mol. The number of carbonyl (C=O) groups is 1. The van der Waals surface area contributed by atoms with Gasteiger partial charge in [-0.15, -0.1) is 11.3 Å². The summed E-state index contributed by atoms with van der Waals surface area (Å²) in [5.74, 6) is 1.23. The van der Waals surface area contributed by atoms with Crippen LogP contribution < -0.4 is 0 Å². The van der Waals surface area contributed by atoms with Gasteiger partial charge in [-0.25, -0.2) is 9.50 Å². The van der Waals surface area contributed by atoms with Crippen LogP contribution in [0, 0.1) is 13.8 Å². The van der Waals surface area contributed by atoms with Gasteiger partial charge in [-0.1, -0.05) is 13.8 Å². The second-order valence-electron chi connectivity index (χ2n) is 10.3. The topological polar surface area (TPSA) is 66.3 Å². The quantitative estimate of drug-likeness (QED) is 0.421. The van der Waals surface area contributed by atoms with E-state index in [0.29, 0.717) is 30.5 Å². The van der Waals surface area contributed by atoms with Gasteiger partial charge in [0.25, 0.3) is 0 Å². The number of thiophene rings is 1. The first-order valence-electron chi connectivity index (χ1n) is 12.0. The molecule has 4 aromatic rings. The lowest BCUT2D eigenvalue weighted by Crippen LogP contribution is -2.34. The molecule has 0 saturated carbocycles. The van der Waals surface area contributed by atoms with Crippen LogP contribution in [0.3, 0.4) is 0 Å². The van der Waals surface area contributed by atoms with E-state index in [1.807, 2.05) is 15.9 Å². The second-order valence-corrected chi connectivity index (χ2v) is 11.4. The van der Waals surface area contributed by atoms with Gasteiger partial charge in [-0.3, -0.25) is 9.69 Å². The van der Waals surface area contributed by atoms with Gasteiger partial charge in [-0.2, -0.15) is 5.10 Å². The number of hydrogen-bond acceptors (Lipinski definition) is 5. The van der Waals surface area contributed by atoms with Gasteiger partial charge in [0.2, 0.25) is 0 Å². The van der Waals surface area contributed by atoms with Crippen molar-refractivity contribution in [3.8, 4) is 11.3 Å². The fourth-order valence-electron chi connectivity index (χ4n) is 6.53. The maximum Gasteiger partial charge on any atom is 0.158 e. The van der Waals surface area contributed by atoms with Crippen LogP contribution in [-0.4, -0.2) is 48.9 Å². The number of hydrogen-bond donors (Lipinski definition) is 1. The highest BCUT2D eigenvalue weighted by molar-refractivity contribution is 7.19. The average molecular weight is 462 g/mol. The zero-order valence-electron chi connectivity index (χ0n) is 20.0. The molecule has 2 fully saturated rings. The number of aromatic nitrogens is 4. The molecule has 2 unspecified atom stereocenters. The summed E-state index contributed by atoms with van der Waals surface area (Å²) in [6.07, 6.45) is 7.34. The number of rotatable bonds is 5. The molecule has 2 aliphatic heterocycles. The van der Waals surface area contributed by atoms with Gasteiger partial charge in [0.15, 0.2) is 5.65 Å². The average Bonchev–Trinajstić information content (AvgIpc) is 3.55. The van der Waals surface area contributed by atoms with Crippen molar-refractivity contribution < 1.29 is 4.79 Å². The first-order valence-corrected chi connectivity index (χ1v) is 12.9. The summed E-state index contributed by atoms with van der Waals surface area (Å²) in [4.78, 5) is 25.3. The van der Waals surface area contributed by atoms with Gasteiger partial charge in [0.1, 0.15) is 16.9 Å². The van der Waals surface area contributed by atoms with E-state index in [2.05, 4.69) is 59.9 Å². The number of H-pyrrole nitrogens is 1. The molecule has 2 aliphatic rings. The molecule has 6 heterocycles. The van der Waals surface area contributed by atoms with Crippen LogP contribution in [0.1, 0.15) is 73.4 Å². The largest absolute Gasteiger partial charge is 0.346 e. The highest BCUT2D eigenvalue weighted by atomic mass is 32.1. The van der Waals surface area contributed by atoms with Crippen LogP contribution in [0.25, 0.3) is 27.1 Å². The molecule has 33 heavy (non-hydrogen) atoms. The number of pyridine rings is 1. The van der Waals surface area contributed by atoms with Gasteiger partial charge in [-0.05, 0) is 68.7 Å². The molecule has 0 amide bonds. The molecule has 7 heteroatoms.